The number of nitrogens with zero attached hydrogens (tertiary/aromatic N) is 3. The Morgan fingerprint density at radius 3 is 2.74 bits per heavy atom. The molecule has 1 amide bonds. The average Bonchev–Trinajstić information content (AvgIpc) is 2.88. The van der Waals surface area contributed by atoms with Crippen LogP contribution in [-0.4, -0.2) is 21.5 Å². The molecule has 0 N–H and O–H groups in total. The van der Waals surface area contributed by atoms with E-state index in [1.165, 1.54) is 4.90 Å². The molecule has 3 rings (SSSR count). The first-order chi connectivity index (χ1) is 9.08. The summed E-state index contributed by atoms with van der Waals surface area (Å²) in [5, 5.41) is 4.51. The van der Waals surface area contributed by atoms with Crippen molar-refractivity contribution in [3.8, 4) is 0 Å². The maximum Gasteiger partial charge on any atom is 0.299 e. The molecule has 6 heteroatoms. The molecule has 19 heavy (non-hydrogen) atoms. The average molecular weight is 276 g/mol. The molecule has 2 heterocycles. The monoisotopic (exact) mass is 275 g/mol. The van der Waals surface area contributed by atoms with Gasteiger partial charge in [-0.15, -0.1) is 0 Å². The molecular weight excluding hydrogens is 266 g/mol. The van der Waals surface area contributed by atoms with Crippen molar-refractivity contribution in [2.24, 2.45) is 7.05 Å². The summed E-state index contributed by atoms with van der Waals surface area (Å²) in [6.07, 6.45) is 1.79. The molecule has 0 bridgehead atoms. The van der Waals surface area contributed by atoms with Crippen LogP contribution in [0, 0.1) is 0 Å². The summed E-state index contributed by atoms with van der Waals surface area (Å²) in [6, 6.07) is 6.85. The van der Waals surface area contributed by atoms with Gasteiger partial charge >= 0.3 is 0 Å². The van der Waals surface area contributed by atoms with Gasteiger partial charge in [0.2, 0.25) is 0 Å². The number of amides is 1. The predicted octanol–water partition coefficient (Wildman–Crippen LogP) is 1.80. The first kappa shape index (κ1) is 11.9. The molecule has 0 aliphatic carbocycles. The number of hydrogen-bond donors (Lipinski definition) is 0. The number of ketones is 1. The second-order valence-corrected chi connectivity index (χ2v) is 4.74. The standard InChI is InChI=1S/C13H10ClN3O2/c1-16-6-5-8(15-16)7-17-10-4-2-3-9(14)11(10)12(18)13(17)19/h2-6H,7H2,1H3. The zero-order valence-electron chi connectivity index (χ0n) is 10.1. The van der Waals surface area contributed by atoms with Crippen LogP contribution in [0.2, 0.25) is 5.02 Å². The molecule has 0 atom stereocenters. The van der Waals surface area contributed by atoms with Crippen molar-refractivity contribution in [2.45, 2.75) is 6.54 Å². The summed E-state index contributed by atoms with van der Waals surface area (Å²) >= 11 is 5.98. The van der Waals surface area contributed by atoms with E-state index in [4.69, 9.17) is 11.6 Å². The number of anilines is 1. The molecule has 1 aliphatic rings. The molecule has 2 aromatic rings. The van der Waals surface area contributed by atoms with Gasteiger partial charge in [-0.2, -0.15) is 5.10 Å². The SMILES string of the molecule is Cn1ccc(CN2C(=O)C(=O)c3c(Cl)cccc32)n1. The zero-order chi connectivity index (χ0) is 13.6. The summed E-state index contributed by atoms with van der Waals surface area (Å²) in [6.45, 7) is 0.263. The number of carbonyl (C=O) groups is 2. The topological polar surface area (TPSA) is 55.2 Å². The number of halogens is 1. The van der Waals surface area contributed by atoms with E-state index in [9.17, 15) is 9.59 Å². The molecule has 1 aliphatic heterocycles. The van der Waals surface area contributed by atoms with Gasteiger partial charge in [-0.1, -0.05) is 17.7 Å². The molecule has 0 saturated carbocycles. The van der Waals surface area contributed by atoms with E-state index < -0.39 is 11.7 Å². The summed E-state index contributed by atoms with van der Waals surface area (Å²) in [5.41, 5.74) is 1.55. The van der Waals surface area contributed by atoms with Crippen LogP contribution in [0.1, 0.15) is 16.1 Å². The first-order valence-corrected chi connectivity index (χ1v) is 6.09. The van der Waals surface area contributed by atoms with Crippen LogP contribution < -0.4 is 4.90 Å². The van der Waals surface area contributed by atoms with Crippen LogP contribution in [0.25, 0.3) is 0 Å². The number of rotatable bonds is 2. The summed E-state index contributed by atoms with van der Waals surface area (Å²) in [5.74, 6) is -1.12. The predicted molar refractivity (Wildman–Crippen MR) is 70.2 cm³/mol. The Bertz CT molecular complexity index is 693. The van der Waals surface area contributed by atoms with Gasteiger partial charge in [0.05, 0.1) is 28.5 Å². The highest BCUT2D eigenvalue weighted by molar-refractivity contribution is 6.55. The van der Waals surface area contributed by atoms with Gasteiger partial charge in [-0.05, 0) is 18.2 Å². The van der Waals surface area contributed by atoms with Gasteiger partial charge in [-0.25, -0.2) is 0 Å². The van der Waals surface area contributed by atoms with E-state index >= 15 is 0 Å². The van der Waals surface area contributed by atoms with Crippen molar-refractivity contribution >= 4 is 29.0 Å². The second-order valence-electron chi connectivity index (χ2n) is 4.34. The number of fused-ring (bicyclic) bond motifs is 1. The molecule has 0 saturated heterocycles. The highest BCUT2D eigenvalue weighted by Crippen LogP contribution is 2.34. The Morgan fingerprint density at radius 1 is 1.26 bits per heavy atom. The number of carbonyl (C=O) groups excluding carboxylic acids is 2. The van der Waals surface area contributed by atoms with E-state index in [0.717, 1.165) is 5.69 Å². The maximum absolute atomic E-state index is 12.0. The van der Waals surface area contributed by atoms with Crippen LogP contribution in [0.3, 0.4) is 0 Å². The van der Waals surface area contributed by atoms with Gasteiger partial charge in [0.1, 0.15) is 0 Å². The normalized spacial score (nSPS) is 14.1. The highest BCUT2D eigenvalue weighted by Gasteiger charge is 2.37. The molecule has 0 spiro atoms. The lowest BCUT2D eigenvalue weighted by Crippen LogP contribution is -2.29. The molecule has 5 nitrogen and oxygen atoms in total. The van der Waals surface area contributed by atoms with E-state index in [-0.39, 0.29) is 12.1 Å². The van der Waals surface area contributed by atoms with Crippen LogP contribution >= 0.6 is 11.6 Å². The fraction of sp³-hybridized carbons (Fsp3) is 0.154. The lowest BCUT2D eigenvalue weighted by molar-refractivity contribution is -0.114. The third-order valence-corrected chi connectivity index (χ3v) is 3.35. The van der Waals surface area contributed by atoms with Gasteiger partial charge in [0, 0.05) is 13.2 Å². The zero-order valence-corrected chi connectivity index (χ0v) is 10.9. The van der Waals surface area contributed by atoms with Crippen molar-refractivity contribution in [3.63, 3.8) is 0 Å². The number of aromatic nitrogens is 2. The van der Waals surface area contributed by atoms with E-state index in [1.807, 2.05) is 0 Å². The molecular formula is C13H10ClN3O2. The second kappa shape index (κ2) is 4.20. The largest absolute Gasteiger partial charge is 0.299 e. The van der Waals surface area contributed by atoms with Crippen molar-refractivity contribution in [1.82, 2.24) is 9.78 Å². The van der Waals surface area contributed by atoms with Crippen molar-refractivity contribution in [3.05, 3.63) is 46.7 Å². The molecule has 0 radical (unpaired) electrons. The maximum atomic E-state index is 12.0. The minimum Gasteiger partial charge on any atom is -0.299 e. The summed E-state index contributed by atoms with van der Waals surface area (Å²) in [4.78, 5) is 25.3. The summed E-state index contributed by atoms with van der Waals surface area (Å²) in [7, 11) is 1.80. The molecule has 0 fully saturated rings. The smallest absolute Gasteiger partial charge is 0.299 e. The van der Waals surface area contributed by atoms with Crippen LogP contribution in [0.15, 0.2) is 30.5 Å². The lowest BCUT2D eigenvalue weighted by atomic mass is 10.1. The van der Waals surface area contributed by atoms with E-state index in [2.05, 4.69) is 5.10 Å². The Kier molecular flexibility index (Phi) is 2.64. The Morgan fingerprint density at radius 2 is 2.05 bits per heavy atom. The van der Waals surface area contributed by atoms with Crippen molar-refractivity contribution in [2.75, 3.05) is 4.90 Å². The fourth-order valence-corrected chi connectivity index (χ4v) is 2.42. The van der Waals surface area contributed by atoms with Gasteiger partial charge < -0.3 is 0 Å². The third kappa shape index (κ3) is 1.82. The third-order valence-electron chi connectivity index (χ3n) is 3.04. The van der Waals surface area contributed by atoms with E-state index in [1.54, 1.807) is 42.2 Å². The summed E-state index contributed by atoms with van der Waals surface area (Å²) < 4.78 is 1.65. The molecule has 0 unspecified atom stereocenters. The Balaban J connectivity index is 2.02. The van der Waals surface area contributed by atoms with Crippen molar-refractivity contribution in [1.29, 1.82) is 0 Å². The first-order valence-electron chi connectivity index (χ1n) is 5.71. The number of Topliss-reactive ketones (excluding diaryl/α,β-unsaturated/α-hetero) is 1. The minimum atomic E-state index is -0.561. The number of benzene rings is 1. The van der Waals surface area contributed by atoms with Gasteiger partial charge in [0.25, 0.3) is 11.7 Å². The molecule has 1 aromatic heterocycles. The highest BCUT2D eigenvalue weighted by atomic mass is 35.5. The minimum absolute atomic E-state index is 0.263. The van der Waals surface area contributed by atoms with Crippen LogP contribution in [0.5, 0.6) is 0 Å². The van der Waals surface area contributed by atoms with Crippen LogP contribution in [-0.2, 0) is 18.4 Å². The fourth-order valence-electron chi connectivity index (χ4n) is 2.17. The number of aryl methyl sites for hydroxylation is 1. The van der Waals surface area contributed by atoms with E-state index in [0.29, 0.717) is 10.7 Å². The Hall–Kier alpha value is -2.14. The Labute approximate surface area is 114 Å². The van der Waals surface area contributed by atoms with Gasteiger partial charge in [-0.3, -0.25) is 19.2 Å². The number of hydrogen-bond acceptors (Lipinski definition) is 3. The van der Waals surface area contributed by atoms with Gasteiger partial charge in [0.15, 0.2) is 0 Å². The van der Waals surface area contributed by atoms with Crippen molar-refractivity contribution < 1.29 is 9.59 Å². The molecule has 96 valence electrons. The quantitative estimate of drug-likeness (QED) is 0.786. The van der Waals surface area contributed by atoms with Crippen LogP contribution in [0.4, 0.5) is 5.69 Å². The lowest BCUT2D eigenvalue weighted by Gasteiger charge is -2.14. The molecule has 1 aromatic carbocycles.